The Morgan fingerprint density at radius 1 is 1.09 bits per heavy atom. The van der Waals surface area contributed by atoms with Crippen molar-refractivity contribution in [1.82, 2.24) is 19.8 Å². The van der Waals surface area contributed by atoms with Crippen molar-refractivity contribution in [1.29, 1.82) is 0 Å². The minimum absolute atomic E-state index is 0.165. The maximum atomic E-state index is 12.7. The number of aromatic nitrogens is 2. The molecule has 2 aliphatic heterocycles. The first-order valence-electron chi connectivity index (χ1n) is 11.4. The highest BCUT2D eigenvalue weighted by atomic mass is 16.2. The average molecular weight is 428 g/mol. The molecule has 0 atom stereocenters. The maximum absolute atomic E-state index is 12.7. The van der Waals surface area contributed by atoms with Crippen molar-refractivity contribution in [3.8, 4) is 11.8 Å². The molecule has 1 amide bonds. The van der Waals surface area contributed by atoms with E-state index in [9.17, 15) is 4.79 Å². The molecule has 3 aromatic rings. The van der Waals surface area contributed by atoms with Crippen LogP contribution in [0.5, 0.6) is 0 Å². The normalized spacial score (nSPS) is 17.6. The number of para-hydroxylation sites is 1. The van der Waals surface area contributed by atoms with E-state index < -0.39 is 0 Å². The molecule has 0 saturated carbocycles. The van der Waals surface area contributed by atoms with Crippen molar-refractivity contribution in [3.63, 3.8) is 0 Å². The van der Waals surface area contributed by atoms with Crippen LogP contribution in [-0.2, 0) is 0 Å². The fourth-order valence-electron chi connectivity index (χ4n) is 5.08. The van der Waals surface area contributed by atoms with Crippen molar-refractivity contribution < 1.29 is 4.79 Å². The van der Waals surface area contributed by atoms with Gasteiger partial charge in [0.1, 0.15) is 11.8 Å². The van der Waals surface area contributed by atoms with E-state index in [0.29, 0.717) is 18.4 Å². The predicted molar refractivity (Wildman–Crippen MR) is 128 cm³/mol. The van der Waals surface area contributed by atoms with Gasteiger partial charge < -0.3 is 15.1 Å². The Kier molecular flexibility index (Phi) is 5.59. The van der Waals surface area contributed by atoms with Crippen LogP contribution in [0.3, 0.4) is 0 Å². The van der Waals surface area contributed by atoms with Gasteiger partial charge in [-0.15, -0.1) is 0 Å². The third kappa shape index (κ3) is 4.09. The van der Waals surface area contributed by atoms with Gasteiger partial charge in [0, 0.05) is 44.7 Å². The molecule has 2 fully saturated rings. The van der Waals surface area contributed by atoms with Gasteiger partial charge in [-0.25, -0.2) is 9.78 Å². The largest absolute Gasteiger partial charge is 0.370 e. The molecule has 6 nitrogen and oxygen atoms in total. The van der Waals surface area contributed by atoms with Crippen LogP contribution in [0.25, 0.3) is 11.0 Å². The number of nitrogens with zero attached hydrogens (tertiary/aromatic N) is 4. The molecule has 1 aromatic heterocycles. The highest BCUT2D eigenvalue weighted by molar-refractivity contribution is 5.95. The summed E-state index contributed by atoms with van der Waals surface area (Å²) in [6.07, 6.45) is 4.67. The summed E-state index contributed by atoms with van der Waals surface area (Å²) in [5.41, 5.74) is 4.37. The fraction of sp³-hybridized carbons (Fsp3) is 0.385. The summed E-state index contributed by atoms with van der Waals surface area (Å²) >= 11 is 0. The van der Waals surface area contributed by atoms with E-state index in [1.807, 2.05) is 42.5 Å². The van der Waals surface area contributed by atoms with Crippen molar-refractivity contribution in [2.75, 3.05) is 44.7 Å². The van der Waals surface area contributed by atoms with Gasteiger partial charge in [-0.3, -0.25) is 4.57 Å². The molecule has 32 heavy (non-hydrogen) atoms. The highest BCUT2D eigenvalue weighted by Crippen LogP contribution is 2.41. The predicted octanol–water partition coefficient (Wildman–Crippen LogP) is 3.57. The van der Waals surface area contributed by atoms with Gasteiger partial charge >= 0.3 is 6.03 Å². The number of piperidine rings is 1. The molecular formula is C26H29N5O. The van der Waals surface area contributed by atoms with Gasteiger partial charge in [-0.2, -0.15) is 0 Å². The van der Waals surface area contributed by atoms with E-state index in [4.69, 9.17) is 0 Å². The van der Waals surface area contributed by atoms with Gasteiger partial charge in [0.15, 0.2) is 0 Å². The molecule has 6 heteroatoms. The van der Waals surface area contributed by atoms with Crippen molar-refractivity contribution in [2.45, 2.75) is 19.3 Å². The summed E-state index contributed by atoms with van der Waals surface area (Å²) in [4.78, 5) is 22.2. The first-order chi connectivity index (χ1) is 15.6. The molecule has 164 valence electrons. The molecule has 2 aliphatic rings. The van der Waals surface area contributed by atoms with E-state index in [1.54, 1.807) is 10.9 Å². The quantitative estimate of drug-likeness (QED) is 0.513. The zero-order valence-electron chi connectivity index (χ0n) is 18.6. The molecule has 0 unspecified atom stereocenters. The second-order valence-electron chi connectivity index (χ2n) is 9.07. The molecule has 2 saturated heterocycles. The topological polar surface area (TPSA) is 53.4 Å². The number of fused-ring (bicyclic) bond motifs is 1. The molecule has 0 radical (unpaired) electrons. The fourth-order valence-corrected chi connectivity index (χ4v) is 5.08. The third-order valence-corrected chi connectivity index (χ3v) is 6.68. The lowest BCUT2D eigenvalue weighted by molar-refractivity contribution is 0.00135. The summed E-state index contributed by atoms with van der Waals surface area (Å²) < 4.78 is 1.61. The van der Waals surface area contributed by atoms with Crippen LogP contribution < -0.4 is 10.2 Å². The molecule has 0 aliphatic carbocycles. The summed E-state index contributed by atoms with van der Waals surface area (Å²) in [7, 11) is 2.20. The van der Waals surface area contributed by atoms with Crippen LogP contribution >= 0.6 is 0 Å². The Morgan fingerprint density at radius 3 is 2.62 bits per heavy atom. The van der Waals surface area contributed by atoms with Crippen molar-refractivity contribution in [3.05, 3.63) is 60.4 Å². The van der Waals surface area contributed by atoms with E-state index >= 15 is 0 Å². The summed E-state index contributed by atoms with van der Waals surface area (Å²) in [5.74, 6) is 6.23. The number of imidazole rings is 1. The molecule has 5 rings (SSSR count). The van der Waals surface area contributed by atoms with Gasteiger partial charge in [0.25, 0.3) is 0 Å². The lowest BCUT2D eigenvalue weighted by Gasteiger charge is -2.53. The number of amides is 1. The maximum Gasteiger partial charge on any atom is 0.327 e. The lowest BCUT2D eigenvalue weighted by atomic mass is 9.72. The standard InChI is InChI=1S/C26H29N5O/c1-29-18-26(19-29)13-16-30(17-14-26)22-11-7-12-23-24(22)28-20-31(23)25(32)27-15-6-5-10-21-8-3-2-4-9-21/h2-4,7-9,11-12,20H,6,13-19H2,1H3,(H,27,32). The summed E-state index contributed by atoms with van der Waals surface area (Å²) in [6, 6.07) is 15.8. The van der Waals surface area contributed by atoms with E-state index in [2.05, 4.69) is 45.1 Å². The number of hydrogen-bond donors (Lipinski definition) is 1. The van der Waals surface area contributed by atoms with E-state index in [1.165, 1.54) is 25.9 Å². The van der Waals surface area contributed by atoms with Crippen molar-refractivity contribution in [2.24, 2.45) is 5.41 Å². The molecule has 1 N–H and O–H groups in total. The number of nitrogens with one attached hydrogen (secondary N) is 1. The van der Waals surface area contributed by atoms with Gasteiger partial charge in [-0.1, -0.05) is 36.1 Å². The number of rotatable bonds is 3. The number of anilines is 1. The zero-order chi connectivity index (χ0) is 22.0. The highest BCUT2D eigenvalue weighted by Gasteiger charge is 2.43. The van der Waals surface area contributed by atoms with Crippen LogP contribution in [0.15, 0.2) is 54.9 Å². The number of benzene rings is 2. The molecular weight excluding hydrogens is 398 g/mol. The SMILES string of the molecule is CN1CC2(CCN(c3cccc4c3ncn4C(=O)NCCC#Cc3ccccc3)CC2)C1. The van der Waals surface area contributed by atoms with Crippen LogP contribution in [0, 0.1) is 17.3 Å². The van der Waals surface area contributed by atoms with Crippen LogP contribution in [0.1, 0.15) is 24.8 Å². The number of carbonyl (C=O) groups excluding carboxylic acids is 1. The molecule has 2 aromatic carbocycles. The van der Waals surface area contributed by atoms with Crippen LogP contribution in [0.4, 0.5) is 10.5 Å². The Bertz CT molecular complexity index is 1160. The first kappa shape index (κ1) is 20.6. The molecule has 1 spiro atoms. The second kappa shape index (κ2) is 8.68. The number of hydrogen-bond acceptors (Lipinski definition) is 4. The minimum atomic E-state index is -0.165. The monoisotopic (exact) mass is 427 g/mol. The molecule has 3 heterocycles. The summed E-state index contributed by atoms with van der Waals surface area (Å²) in [5, 5.41) is 2.96. The summed E-state index contributed by atoms with van der Waals surface area (Å²) in [6.45, 7) is 5.03. The van der Waals surface area contributed by atoms with E-state index in [-0.39, 0.29) is 6.03 Å². The van der Waals surface area contributed by atoms with Gasteiger partial charge in [0.05, 0.1) is 11.2 Å². The Balaban J connectivity index is 1.22. The van der Waals surface area contributed by atoms with E-state index in [0.717, 1.165) is 35.4 Å². The minimum Gasteiger partial charge on any atom is -0.370 e. The third-order valence-electron chi connectivity index (χ3n) is 6.68. The van der Waals surface area contributed by atoms with Gasteiger partial charge in [0.2, 0.25) is 0 Å². The molecule has 0 bridgehead atoms. The lowest BCUT2D eigenvalue weighted by Crippen LogP contribution is -2.58. The van der Waals surface area contributed by atoms with Gasteiger partial charge in [-0.05, 0) is 49.6 Å². The first-order valence-corrected chi connectivity index (χ1v) is 11.4. The zero-order valence-corrected chi connectivity index (χ0v) is 18.6. The second-order valence-corrected chi connectivity index (χ2v) is 9.07. The van der Waals surface area contributed by atoms with Crippen LogP contribution in [-0.4, -0.2) is 60.3 Å². The Morgan fingerprint density at radius 2 is 1.88 bits per heavy atom. The average Bonchev–Trinajstić information content (AvgIpc) is 3.24. The number of likely N-dealkylation sites (tertiary alicyclic amines) is 1. The number of carbonyl (C=O) groups is 1. The van der Waals surface area contributed by atoms with Crippen LogP contribution in [0.2, 0.25) is 0 Å². The van der Waals surface area contributed by atoms with Crippen molar-refractivity contribution >= 4 is 22.8 Å². The Labute approximate surface area is 189 Å². The smallest absolute Gasteiger partial charge is 0.327 e. The Hall–Kier alpha value is -3.30.